The van der Waals surface area contributed by atoms with Crippen molar-refractivity contribution in [2.45, 2.75) is 58.4 Å². The summed E-state index contributed by atoms with van der Waals surface area (Å²) >= 11 is 0. The van der Waals surface area contributed by atoms with Crippen LogP contribution in [0.1, 0.15) is 68.0 Å². The molecule has 1 heterocycles. The lowest BCUT2D eigenvalue weighted by Crippen LogP contribution is -2.13. The van der Waals surface area contributed by atoms with Crippen LogP contribution in [0.15, 0.2) is 6.20 Å². The molecule has 0 atom stereocenters. The number of carbonyl (C=O) groups is 1. The van der Waals surface area contributed by atoms with Crippen molar-refractivity contribution < 1.29 is 9.53 Å². The molecule has 1 aliphatic carbocycles. The largest absolute Gasteiger partial charge is 0.462 e. The lowest BCUT2D eigenvalue weighted by atomic mass is 10.1. The first-order valence-corrected chi connectivity index (χ1v) is 7.01. The van der Waals surface area contributed by atoms with Crippen molar-refractivity contribution in [3.63, 3.8) is 0 Å². The van der Waals surface area contributed by atoms with Gasteiger partial charge in [0.1, 0.15) is 5.56 Å². The van der Waals surface area contributed by atoms with E-state index in [2.05, 4.69) is 16.7 Å². The Balaban J connectivity index is 2.26. The second kappa shape index (κ2) is 6.03. The van der Waals surface area contributed by atoms with Crippen molar-refractivity contribution in [1.29, 1.82) is 0 Å². The van der Waals surface area contributed by atoms with Gasteiger partial charge in [0.15, 0.2) is 0 Å². The average molecular weight is 250 g/mol. The number of hydrogen-bond acceptors (Lipinski definition) is 3. The van der Waals surface area contributed by atoms with Gasteiger partial charge in [-0.15, -0.1) is 0 Å². The van der Waals surface area contributed by atoms with Crippen LogP contribution in [0.5, 0.6) is 0 Å². The number of ether oxygens (including phenoxy) is 1. The first-order valence-electron chi connectivity index (χ1n) is 7.01. The predicted molar refractivity (Wildman–Crippen MR) is 69.7 cm³/mol. The molecule has 0 N–H and O–H groups in total. The van der Waals surface area contributed by atoms with Crippen molar-refractivity contribution in [2.75, 3.05) is 6.61 Å². The first kappa shape index (κ1) is 13.1. The van der Waals surface area contributed by atoms with Crippen LogP contribution in [-0.2, 0) is 11.2 Å². The molecule has 2 rings (SSSR count). The Hall–Kier alpha value is -1.32. The van der Waals surface area contributed by atoms with Crippen molar-refractivity contribution in [2.24, 2.45) is 0 Å². The maximum Gasteiger partial charge on any atom is 0.341 e. The molecule has 1 aromatic rings. The summed E-state index contributed by atoms with van der Waals surface area (Å²) in [5, 5.41) is 4.44. The van der Waals surface area contributed by atoms with E-state index in [1.807, 2.05) is 6.92 Å². The lowest BCUT2D eigenvalue weighted by molar-refractivity contribution is 0.0525. The predicted octanol–water partition coefficient (Wildman–Crippen LogP) is 3.13. The third kappa shape index (κ3) is 2.57. The zero-order valence-electron chi connectivity index (χ0n) is 11.3. The molecule has 4 nitrogen and oxygen atoms in total. The Bertz CT molecular complexity index is 406. The molecule has 0 saturated heterocycles. The van der Waals surface area contributed by atoms with Crippen molar-refractivity contribution in [3.8, 4) is 0 Å². The van der Waals surface area contributed by atoms with Crippen LogP contribution >= 0.6 is 0 Å². The Morgan fingerprint density at radius 2 is 2.17 bits per heavy atom. The Labute approximate surface area is 108 Å². The minimum atomic E-state index is -0.231. The van der Waals surface area contributed by atoms with Gasteiger partial charge < -0.3 is 4.74 Å². The highest BCUT2D eigenvalue weighted by atomic mass is 16.5. The lowest BCUT2D eigenvalue weighted by Gasteiger charge is -2.14. The molecule has 0 radical (unpaired) electrons. The summed E-state index contributed by atoms with van der Waals surface area (Å²) in [6, 6.07) is 0.481. The van der Waals surface area contributed by atoms with Crippen LogP contribution in [0.25, 0.3) is 0 Å². The molecule has 18 heavy (non-hydrogen) atoms. The molecule has 0 unspecified atom stereocenters. The first-order chi connectivity index (χ1) is 8.77. The number of nitrogens with zero attached hydrogens (tertiary/aromatic N) is 2. The Morgan fingerprint density at radius 1 is 1.44 bits per heavy atom. The fraction of sp³-hybridized carbons (Fsp3) is 0.714. The van der Waals surface area contributed by atoms with E-state index in [-0.39, 0.29) is 5.97 Å². The van der Waals surface area contributed by atoms with Gasteiger partial charge in [-0.25, -0.2) is 4.79 Å². The summed E-state index contributed by atoms with van der Waals surface area (Å²) in [7, 11) is 0. The van der Waals surface area contributed by atoms with E-state index < -0.39 is 0 Å². The summed E-state index contributed by atoms with van der Waals surface area (Å²) < 4.78 is 7.17. The second-order valence-corrected chi connectivity index (χ2v) is 4.86. The SMILES string of the molecule is CCCc1c(C(=O)OCC)cnn1C1CCCC1. The van der Waals surface area contributed by atoms with Crippen molar-refractivity contribution >= 4 is 5.97 Å². The quantitative estimate of drug-likeness (QED) is 0.754. The van der Waals surface area contributed by atoms with Gasteiger partial charge >= 0.3 is 5.97 Å². The highest BCUT2D eigenvalue weighted by Gasteiger charge is 2.24. The zero-order chi connectivity index (χ0) is 13.0. The van der Waals surface area contributed by atoms with Crippen LogP contribution in [0.2, 0.25) is 0 Å². The molecular formula is C14H22N2O2. The highest BCUT2D eigenvalue weighted by Crippen LogP contribution is 2.31. The molecule has 0 spiro atoms. The highest BCUT2D eigenvalue weighted by molar-refractivity contribution is 5.90. The zero-order valence-corrected chi connectivity index (χ0v) is 11.3. The molecule has 1 aliphatic rings. The van der Waals surface area contributed by atoms with Gasteiger partial charge in [-0.2, -0.15) is 5.10 Å². The van der Waals surface area contributed by atoms with Gasteiger partial charge in [0.25, 0.3) is 0 Å². The van der Waals surface area contributed by atoms with E-state index in [4.69, 9.17) is 4.74 Å². The Kier molecular flexibility index (Phi) is 4.39. The molecule has 1 fully saturated rings. The van der Waals surface area contributed by atoms with Crippen LogP contribution in [0.3, 0.4) is 0 Å². The summed E-state index contributed by atoms with van der Waals surface area (Å²) in [5.41, 5.74) is 1.72. The smallest absolute Gasteiger partial charge is 0.341 e. The standard InChI is InChI=1S/C14H22N2O2/c1-3-7-13-12(14(17)18-4-2)10-15-16(13)11-8-5-6-9-11/h10-11H,3-9H2,1-2H3. The molecule has 0 bridgehead atoms. The second-order valence-electron chi connectivity index (χ2n) is 4.86. The maximum atomic E-state index is 11.9. The minimum Gasteiger partial charge on any atom is -0.462 e. The van der Waals surface area contributed by atoms with E-state index in [0.717, 1.165) is 18.5 Å². The molecule has 1 saturated carbocycles. The van der Waals surface area contributed by atoms with Crippen LogP contribution in [0, 0.1) is 0 Å². The van der Waals surface area contributed by atoms with Crippen LogP contribution in [0.4, 0.5) is 0 Å². The van der Waals surface area contributed by atoms with Gasteiger partial charge in [-0.3, -0.25) is 4.68 Å². The average Bonchev–Trinajstić information content (AvgIpc) is 2.97. The monoisotopic (exact) mass is 250 g/mol. The normalized spacial score (nSPS) is 16.1. The van der Waals surface area contributed by atoms with Crippen molar-refractivity contribution in [3.05, 3.63) is 17.5 Å². The number of hydrogen-bond donors (Lipinski definition) is 0. The van der Waals surface area contributed by atoms with Crippen molar-refractivity contribution in [1.82, 2.24) is 9.78 Å². The van der Waals surface area contributed by atoms with E-state index >= 15 is 0 Å². The number of aromatic nitrogens is 2. The molecule has 0 aromatic carbocycles. The van der Waals surface area contributed by atoms with Gasteiger partial charge in [0, 0.05) is 0 Å². The summed E-state index contributed by atoms with van der Waals surface area (Å²) in [5.74, 6) is -0.231. The summed E-state index contributed by atoms with van der Waals surface area (Å²) in [4.78, 5) is 11.9. The van der Waals surface area contributed by atoms with Gasteiger partial charge in [0.2, 0.25) is 0 Å². The molecule has 4 heteroatoms. The number of esters is 1. The van der Waals surface area contributed by atoms with E-state index in [1.54, 1.807) is 6.20 Å². The maximum absolute atomic E-state index is 11.9. The third-order valence-electron chi connectivity index (χ3n) is 3.55. The van der Waals surface area contributed by atoms with E-state index in [9.17, 15) is 4.79 Å². The summed E-state index contributed by atoms with van der Waals surface area (Å²) in [6.45, 7) is 4.37. The fourth-order valence-electron chi connectivity index (χ4n) is 2.72. The molecular weight excluding hydrogens is 228 g/mol. The van der Waals surface area contributed by atoms with Gasteiger partial charge in [-0.1, -0.05) is 26.2 Å². The third-order valence-corrected chi connectivity index (χ3v) is 3.55. The number of carbonyl (C=O) groups excluding carboxylic acids is 1. The number of rotatable bonds is 5. The Morgan fingerprint density at radius 3 is 2.78 bits per heavy atom. The molecule has 1 aromatic heterocycles. The molecule has 0 amide bonds. The van der Waals surface area contributed by atoms with Gasteiger partial charge in [0.05, 0.1) is 24.5 Å². The topological polar surface area (TPSA) is 44.1 Å². The van der Waals surface area contributed by atoms with E-state index in [1.165, 1.54) is 25.7 Å². The minimum absolute atomic E-state index is 0.231. The molecule has 0 aliphatic heterocycles. The van der Waals surface area contributed by atoms with Crippen LogP contribution in [-0.4, -0.2) is 22.4 Å². The van der Waals surface area contributed by atoms with Crippen LogP contribution < -0.4 is 0 Å². The van der Waals surface area contributed by atoms with E-state index in [0.29, 0.717) is 18.2 Å². The molecule has 100 valence electrons. The summed E-state index contributed by atoms with van der Waals surface area (Å²) in [6.07, 6.45) is 8.49. The van der Waals surface area contributed by atoms with Gasteiger partial charge in [-0.05, 0) is 26.2 Å². The fourth-order valence-corrected chi connectivity index (χ4v) is 2.72.